The summed E-state index contributed by atoms with van der Waals surface area (Å²) in [6.45, 7) is 7.75. The van der Waals surface area contributed by atoms with Gasteiger partial charge in [0.05, 0.1) is 0 Å². The first-order valence-electron chi connectivity index (χ1n) is 11.3. The molecule has 3 heterocycles. The van der Waals surface area contributed by atoms with E-state index in [0.717, 1.165) is 59.0 Å². The van der Waals surface area contributed by atoms with Crippen LogP contribution >= 0.6 is 11.6 Å². The Bertz CT molecular complexity index is 1310. The van der Waals surface area contributed by atoms with E-state index in [1.54, 1.807) is 17.7 Å². The van der Waals surface area contributed by atoms with Crippen LogP contribution in [0.15, 0.2) is 64.7 Å². The highest BCUT2D eigenvalue weighted by molar-refractivity contribution is 6.33. The summed E-state index contributed by atoms with van der Waals surface area (Å²) in [6.07, 6.45) is 7.98. The van der Waals surface area contributed by atoms with Gasteiger partial charge in [0.25, 0.3) is 5.56 Å². The quantitative estimate of drug-likeness (QED) is 0.468. The van der Waals surface area contributed by atoms with E-state index >= 15 is 0 Å². The van der Waals surface area contributed by atoms with Gasteiger partial charge in [0, 0.05) is 72.1 Å². The molecule has 0 spiro atoms. The predicted octanol–water partition coefficient (Wildman–Crippen LogP) is 5.56. The first-order chi connectivity index (χ1) is 15.9. The SMILES string of the molecule is CC/C=C(/C(C)=C\c1nc(C)cc(=O)n1C)N1CCc2ncc(-c3ccccc3Cl)cc2C1. The van der Waals surface area contributed by atoms with Crippen LogP contribution in [-0.4, -0.2) is 26.0 Å². The maximum Gasteiger partial charge on any atom is 0.253 e. The third kappa shape index (κ3) is 4.93. The molecule has 0 unspecified atom stereocenters. The molecule has 6 heteroatoms. The highest BCUT2D eigenvalue weighted by Gasteiger charge is 2.21. The summed E-state index contributed by atoms with van der Waals surface area (Å²) in [5, 5.41) is 0.730. The molecule has 5 nitrogen and oxygen atoms in total. The van der Waals surface area contributed by atoms with E-state index in [1.807, 2.05) is 43.5 Å². The lowest BCUT2D eigenvalue weighted by molar-refractivity contribution is 0.324. The highest BCUT2D eigenvalue weighted by atomic mass is 35.5. The topological polar surface area (TPSA) is 51.0 Å². The molecule has 170 valence electrons. The zero-order valence-corrected chi connectivity index (χ0v) is 20.4. The molecule has 0 atom stereocenters. The molecular formula is C27H29ClN4O. The molecule has 2 aromatic heterocycles. The number of pyridine rings is 1. The van der Waals surface area contributed by atoms with Gasteiger partial charge in [0.1, 0.15) is 5.82 Å². The predicted molar refractivity (Wildman–Crippen MR) is 135 cm³/mol. The number of hydrogen-bond donors (Lipinski definition) is 0. The molecule has 3 aromatic rings. The molecule has 0 radical (unpaired) electrons. The zero-order valence-electron chi connectivity index (χ0n) is 19.6. The van der Waals surface area contributed by atoms with Crippen molar-refractivity contribution in [2.45, 2.75) is 40.2 Å². The van der Waals surface area contributed by atoms with Crippen molar-refractivity contribution in [1.82, 2.24) is 19.4 Å². The number of rotatable bonds is 5. The maximum atomic E-state index is 12.2. The second kappa shape index (κ2) is 9.75. The minimum atomic E-state index is -0.0485. The zero-order chi connectivity index (χ0) is 23.5. The lowest BCUT2D eigenvalue weighted by atomic mass is 9.99. The minimum Gasteiger partial charge on any atom is -0.367 e. The second-order valence-electron chi connectivity index (χ2n) is 8.46. The third-order valence-corrected chi connectivity index (χ3v) is 6.34. The van der Waals surface area contributed by atoms with Crippen molar-refractivity contribution in [1.29, 1.82) is 0 Å². The number of allylic oxidation sites excluding steroid dienone is 2. The summed E-state index contributed by atoms with van der Waals surface area (Å²) in [7, 11) is 1.76. The molecular weight excluding hydrogens is 432 g/mol. The van der Waals surface area contributed by atoms with Gasteiger partial charge in [-0.3, -0.25) is 14.3 Å². The van der Waals surface area contributed by atoms with Gasteiger partial charge in [-0.1, -0.05) is 42.8 Å². The summed E-state index contributed by atoms with van der Waals surface area (Å²) < 4.78 is 1.59. The van der Waals surface area contributed by atoms with E-state index in [4.69, 9.17) is 16.6 Å². The van der Waals surface area contributed by atoms with Crippen molar-refractivity contribution < 1.29 is 0 Å². The fourth-order valence-corrected chi connectivity index (χ4v) is 4.53. The van der Waals surface area contributed by atoms with Crippen LogP contribution in [0.3, 0.4) is 0 Å². The number of aryl methyl sites for hydroxylation is 1. The fraction of sp³-hybridized carbons (Fsp3) is 0.296. The summed E-state index contributed by atoms with van der Waals surface area (Å²) in [5.74, 6) is 0.666. The summed E-state index contributed by atoms with van der Waals surface area (Å²) in [5.41, 5.74) is 7.32. The number of benzene rings is 1. The van der Waals surface area contributed by atoms with Crippen LogP contribution in [-0.2, 0) is 20.0 Å². The van der Waals surface area contributed by atoms with Gasteiger partial charge in [0.2, 0.25) is 0 Å². The first-order valence-corrected chi connectivity index (χ1v) is 11.7. The van der Waals surface area contributed by atoms with Gasteiger partial charge in [0.15, 0.2) is 0 Å². The van der Waals surface area contributed by atoms with Crippen LogP contribution in [0.5, 0.6) is 0 Å². The number of nitrogens with zero attached hydrogens (tertiary/aromatic N) is 4. The van der Waals surface area contributed by atoms with E-state index in [2.05, 4.69) is 35.9 Å². The molecule has 33 heavy (non-hydrogen) atoms. The summed E-state index contributed by atoms with van der Waals surface area (Å²) in [6, 6.07) is 11.6. The van der Waals surface area contributed by atoms with Crippen LogP contribution in [0.25, 0.3) is 17.2 Å². The Labute approximate surface area is 200 Å². The van der Waals surface area contributed by atoms with Gasteiger partial charge < -0.3 is 4.90 Å². The largest absolute Gasteiger partial charge is 0.367 e. The molecule has 0 bridgehead atoms. The van der Waals surface area contributed by atoms with Gasteiger partial charge in [-0.15, -0.1) is 0 Å². The number of hydrogen-bond acceptors (Lipinski definition) is 4. The fourth-order valence-electron chi connectivity index (χ4n) is 4.28. The summed E-state index contributed by atoms with van der Waals surface area (Å²) >= 11 is 6.43. The lowest BCUT2D eigenvalue weighted by Crippen LogP contribution is -2.31. The molecule has 4 rings (SSSR count). The number of aromatic nitrogens is 3. The van der Waals surface area contributed by atoms with Gasteiger partial charge in [-0.05, 0) is 49.6 Å². The van der Waals surface area contributed by atoms with Crippen molar-refractivity contribution in [2.75, 3.05) is 6.54 Å². The van der Waals surface area contributed by atoms with Crippen LogP contribution < -0.4 is 5.56 Å². The Morgan fingerprint density at radius 1 is 1.24 bits per heavy atom. The molecule has 0 saturated heterocycles. The second-order valence-corrected chi connectivity index (χ2v) is 8.87. The Hall–Kier alpha value is -3.18. The Morgan fingerprint density at radius 2 is 2.03 bits per heavy atom. The average molecular weight is 461 g/mol. The van der Waals surface area contributed by atoms with Gasteiger partial charge in [-0.2, -0.15) is 0 Å². The number of halogens is 1. The van der Waals surface area contributed by atoms with Crippen LogP contribution in [0.1, 0.15) is 43.0 Å². The molecule has 1 aliphatic rings. The molecule has 0 amide bonds. The first kappa shape index (κ1) is 23.0. The van der Waals surface area contributed by atoms with E-state index in [0.29, 0.717) is 5.82 Å². The normalized spacial score (nSPS) is 14.4. The standard InChI is InChI=1S/C27H29ClN4O/c1-5-8-25(18(2)13-26-30-19(3)14-27(33)31(26)4)32-12-11-24-21(17-32)15-20(16-29-24)22-9-6-7-10-23(22)28/h6-10,13-16H,5,11-12,17H2,1-4H3/b18-13-,25-8-. The van der Waals surface area contributed by atoms with Crippen LogP contribution in [0.4, 0.5) is 0 Å². The molecule has 0 fully saturated rings. The van der Waals surface area contributed by atoms with Crippen LogP contribution in [0.2, 0.25) is 5.02 Å². The van der Waals surface area contributed by atoms with E-state index in [-0.39, 0.29) is 5.56 Å². The molecule has 0 aliphatic carbocycles. The highest BCUT2D eigenvalue weighted by Crippen LogP contribution is 2.31. The number of fused-ring (bicyclic) bond motifs is 1. The van der Waals surface area contributed by atoms with Gasteiger partial charge in [-0.25, -0.2) is 4.98 Å². The van der Waals surface area contributed by atoms with Crippen molar-refractivity contribution in [3.8, 4) is 11.1 Å². The summed E-state index contributed by atoms with van der Waals surface area (Å²) in [4.78, 5) is 23.9. The Morgan fingerprint density at radius 3 is 2.79 bits per heavy atom. The molecule has 0 N–H and O–H groups in total. The van der Waals surface area contributed by atoms with Crippen molar-refractivity contribution in [2.24, 2.45) is 7.05 Å². The molecule has 1 aliphatic heterocycles. The smallest absolute Gasteiger partial charge is 0.253 e. The third-order valence-electron chi connectivity index (χ3n) is 6.01. The van der Waals surface area contributed by atoms with Crippen molar-refractivity contribution in [3.05, 3.63) is 98.1 Å². The average Bonchev–Trinajstić information content (AvgIpc) is 2.80. The Kier molecular flexibility index (Phi) is 6.80. The van der Waals surface area contributed by atoms with Gasteiger partial charge >= 0.3 is 0 Å². The van der Waals surface area contributed by atoms with E-state index < -0.39 is 0 Å². The minimum absolute atomic E-state index is 0.0485. The van der Waals surface area contributed by atoms with E-state index in [9.17, 15) is 4.79 Å². The monoisotopic (exact) mass is 460 g/mol. The molecule has 0 saturated carbocycles. The molecule has 1 aromatic carbocycles. The lowest BCUT2D eigenvalue weighted by Gasteiger charge is -2.33. The van der Waals surface area contributed by atoms with Crippen molar-refractivity contribution >= 4 is 17.7 Å². The van der Waals surface area contributed by atoms with Crippen LogP contribution in [0, 0.1) is 6.92 Å². The van der Waals surface area contributed by atoms with E-state index in [1.165, 1.54) is 11.3 Å². The Balaban J connectivity index is 1.66. The maximum absolute atomic E-state index is 12.2. The van der Waals surface area contributed by atoms with Crippen molar-refractivity contribution in [3.63, 3.8) is 0 Å².